The largest absolute Gasteiger partial charge is 0.454 e. The molecule has 0 radical (unpaired) electrons. The van der Waals surface area contributed by atoms with Gasteiger partial charge in [-0.3, -0.25) is 4.79 Å². The third-order valence-corrected chi connectivity index (χ3v) is 9.07. The summed E-state index contributed by atoms with van der Waals surface area (Å²) in [5, 5.41) is 0.862. The predicted octanol–water partition coefficient (Wildman–Crippen LogP) is 5.19. The molecule has 0 aliphatic carbocycles. The molecule has 0 atom stereocenters. The summed E-state index contributed by atoms with van der Waals surface area (Å²) < 4.78 is 40.6. The molecule has 0 fully saturated rings. The Hall–Kier alpha value is -3.62. The van der Waals surface area contributed by atoms with Crippen LogP contribution in [0.5, 0.6) is 11.5 Å². The van der Waals surface area contributed by atoms with E-state index < -0.39 is 10.0 Å². The molecule has 5 rings (SSSR count). The SMILES string of the molecule is Cc1cc(C)c(S(=O)(=O)N(Cc2ccc3c(c2)OCO3)Cc2cc3ccc(C)c(C)c3[nH]c2=O)c(C)c1. The van der Waals surface area contributed by atoms with Crippen LogP contribution in [0.3, 0.4) is 0 Å². The molecule has 7 nitrogen and oxygen atoms in total. The Kier molecular flexibility index (Phi) is 6.33. The molecule has 1 aliphatic heterocycles. The van der Waals surface area contributed by atoms with Gasteiger partial charge in [0.15, 0.2) is 11.5 Å². The smallest absolute Gasteiger partial charge is 0.252 e. The number of hydrogen-bond donors (Lipinski definition) is 1. The number of nitrogens with zero attached hydrogens (tertiary/aromatic N) is 1. The number of rotatable bonds is 6. The Balaban J connectivity index is 1.62. The van der Waals surface area contributed by atoms with E-state index in [1.54, 1.807) is 32.0 Å². The first-order valence-electron chi connectivity index (χ1n) is 12.1. The number of nitrogens with one attached hydrogen (secondary N) is 1. The molecule has 192 valence electrons. The van der Waals surface area contributed by atoms with Gasteiger partial charge in [0, 0.05) is 18.7 Å². The number of H-pyrrole nitrogens is 1. The van der Waals surface area contributed by atoms with Crippen LogP contribution >= 0.6 is 0 Å². The lowest BCUT2D eigenvalue weighted by Gasteiger charge is -2.25. The van der Waals surface area contributed by atoms with Crippen LogP contribution < -0.4 is 15.0 Å². The van der Waals surface area contributed by atoms with Crippen molar-refractivity contribution in [3.63, 3.8) is 0 Å². The summed E-state index contributed by atoms with van der Waals surface area (Å²) >= 11 is 0. The fourth-order valence-electron chi connectivity index (χ4n) is 5.05. The molecule has 0 spiro atoms. The van der Waals surface area contributed by atoms with Crippen LogP contribution in [-0.4, -0.2) is 24.5 Å². The van der Waals surface area contributed by atoms with E-state index >= 15 is 0 Å². The molecule has 1 aromatic heterocycles. The zero-order valence-corrected chi connectivity index (χ0v) is 22.5. The number of pyridine rings is 1. The van der Waals surface area contributed by atoms with Crippen molar-refractivity contribution < 1.29 is 17.9 Å². The first-order chi connectivity index (χ1) is 17.5. The Morgan fingerprint density at radius 2 is 1.54 bits per heavy atom. The van der Waals surface area contributed by atoms with Gasteiger partial charge < -0.3 is 14.5 Å². The van der Waals surface area contributed by atoms with Crippen molar-refractivity contribution in [2.75, 3.05) is 6.79 Å². The zero-order valence-electron chi connectivity index (χ0n) is 21.6. The molecular formula is C29H30N2O5S. The van der Waals surface area contributed by atoms with Crippen LogP contribution in [0.1, 0.15) is 38.9 Å². The summed E-state index contributed by atoms with van der Waals surface area (Å²) in [7, 11) is -3.97. The number of benzene rings is 3. The van der Waals surface area contributed by atoms with E-state index in [0.29, 0.717) is 28.2 Å². The van der Waals surface area contributed by atoms with E-state index in [1.165, 1.54) is 4.31 Å². The number of aromatic nitrogens is 1. The third-order valence-electron chi connectivity index (χ3n) is 6.97. The van der Waals surface area contributed by atoms with Gasteiger partial charge in [-0.2, -0.15) is 4.31 Å². The molecule has 1 aliphatic rings. The highest BCUT2D eigenvalue weighted by molar-refractivity contribution is 7.89. The van der Waals surface area contributed by atoms with Crippen LogP contribution in [0.4, 0.5) is 0 Å². The monoisotopic (exact) mass is 518 g/mol. The van der Waals surface area contributed by atoms with Crippen molar-refractivity contribution in [1.29, 1.82) is 0 Å². The maximum atomic E-state index is 14.2. The van der Waals surface area contributed by atoms with Gasteiger partial charge in [0.25, 0.3) is 5.56 Å². The topological polar surface area (TPSA) is 88.7 Å². The minimum atomic E-state index is -3.97. The predicted molar refractivity (Wildman–Crippen MR) is 144 cm³/mol. The Bertz CT molecular complexity index is 1680. The second-order valence-corrected chi connectivity index (χ2v) is 11.7. The molecule has 0 amide bonds. The number of fused-ring (bicyclic) bond motifs is 2. The number of sulfonamides is 1. The molecule has 8 heteroatoms. The molecule has 0 saturated carbocycles. The van der Waals surface area contributed by atoms with E-state index in [9.17, 15) is 13.2 Å². The minimum Gasteiger partial charge on any atom is -0.454 e. The number of hydrogen-bond acceptors (Lipinski definition) is 5. The fourth-order valence-corrected chi connectivity index (χ4v) is 6.87. The summed E-state index contributed by atoms with van der Waals surface area (Å²) in [5.41, 5.74) is 5.99. The van der Waals surface area contributed by atoms with E-state index in [0.717, 1.165) is 33.2 Å². The Labute approximate surface area is 216 Å². The quantitative estimate of drug-likeness (QED) is 0.380. The van der Waals surface area contributed by atoms with Crippen molar-refractivity contribution in [2.45, 2.75) is 52.6 Å². The third kappa shape index (κ3) is 4.63. The second-order valence-electron chi connectivity index (χ2n) is 9.78. The van der Waals surface area contributed by atoms with E-state index in [1.807, 2.05) is 51.1 Å². The molecule has 4 aromatic rings. The molecule has 0 saturated heterocycles. The highest BCUT2D eigenvalue weighted by Crippen LogP contribution is 2.34. The van der Waals surface area contributed by atoms with Crippen LogP contribution in [0.25, 0.3) is 10.9 Å². The Morgan fingerprint density at radius 3 is 2.27 bits per heavy atom. The fraction of sp³-hybridized carbons (Fsp3) is 0.276. The number of ether oxygens (including phenoxy) is 2. The van der Waals surface area contributed by atoms with Crippen molar-refractivity contribution in [3.05, 3.63) is 97.8 Å². The first-order valence-corrected chi connectivity index (χ1v) is 13.6. The maximum Gasteiger partial charge on any atom is 0.252 e. The molecule has 0 unspecified atom stereocenters. The van der Waals surface area contributed by atoms with E-state index in [4.69, 9.17) is 9.47 Å². The van der Waals surface area contributed by atoms with Crippen molar-refractivity contribution in [1.82, 2.24) is 9.29 Å². The van der Waals surface area contributed by atoms with Gasteiger partial charge in [-0.15, -0.1) is 0 Å². The van der Waals surface area contributed by atoms with Crippen LogP contribution in [0.15, 0.2) is 58.2 Å². The lowest BCUT2D eigenvalue weighted by Crippen LogP contribution is -2.33. The molecule has 37 heavy (non-hydrogen) atoms. The van der Waals surface area contributed by atoms with Crippen LogP contribution in [0.2, 0.25) is 0 Å². The maximum absolute atomic E-state index is 14.2. The van der Waals surface area contributed by atoms with Gasteiger partial charge in [-0.1, -0.05) is 35.9 Å². The van der Waals surface area contributed by atoms with Gasteiger partial charge in [0.05, 0.1) is 10.4 Å². The summed E-state index contributed by atoms with van der Waals surface area (Å²) in [5.74, 6) is 1.20. The molecular weight excluding hydrogens is 488 g/mol. The zero-order chi connectivity index (χ0) is 26.5. The minimum absolute atomic E-state index is 0.0656. The Morgan fingerprint density at radius 1 is 0.838 bits per heavy atom. The van der Waals surface area contributed by atoms with Gasteiger partial charge in [-0.25, -0.2) is 8.42 Å². The van der Waals surface area contributed by atoms with Crippen molar-refractivity contribution in [2.24, 2.45) is 0 Å². The molecule has 1 N–H and O–H groups in total. The average molecular weight is 519 g/mol. The van der Waals surface area contributed by atoms with E-state index in [2.05, 4.69) is 4.98 Å². The molecule has 0 bridgehead atoms. The van der Waals surface area contributed by atoms with Crippen LogP contribution in [0, 0.1) is 34.6 Å². The summed E-state index contributed by atoms with van der Waals surface area (Å²) in [6, 6.07) is 14.9. The number of aromatic amines is 1. The summed E-state index contributed by atoms with van der Waals surface area (Å²) in [6.07, 6.45) is 0. The van der Waals surface area contributed by atoms with Crippen molar-refractivity contribution in [3.8, 4) is 11.5 Å². The van der Waals surface area contributed by atoms with Gasteiger partial charge in [0.2, 0.25) is 16.8 Å². The lowest BCUT2D eigenvalue weighted by atomic mass is 10.0. The van der Waals surface area contributed by atoms with E-state index in [-0.39, 0.29) is 30.3 Å². The molecule has 2 heterocycles. The standard InChI is InChI=1S/C29H30N2O5S/c1-17-10-19(3)28(20(4)11-17)37(33,34)31(14-22-7-9-25-26(12-22)36-16-35-25)15-24-13-23-8-6-18(2)21(5)27(23)30-29(24)32/h6-13H,14-16H2,1-5H3,(H,30,32). The van der Waals surface area contributed by atoms with Crippen molar-refractivity contribution >= 4 is 20.9 Å². The number of aryl methyl sites for hydroxylation is 5. The van der Waals surface area contributed by atoms with Gasteiger partial charge in [0.1, 0.15) is 0 Å². The van der Waals surface area contributed by atoms with Gasteiger partial charge in [-0.05, 0) is 86.0 Å². The lowest BCUT2D eigenvalue weighted by molar-refractivity contribution is 0.174. The first kappa shape index (κ1) is 25.0. The summed E-state index contributed by atoms with van der Waals surface area (Å²) in [4.78, 5) is 16.4. The average Bonchev–Trinajstić information content (AvgIpc) is 3.29. The summed E-state index contributed by atoms with van der Waals surface area (Å²) in [6.45, 7) is 9.63. The normalized spacial score (nSPS) is 13.0. The second kappa shape index (κ2) is 9.36. The highest BCUT2D eigenvalue weighted by atomic mass is 32.2. The highest BCUT2D eigenvalue weighted by Gasteiger charge is 2.30. The molecule has 3 aromatic carbocycles. The van der Waals surface area contributed by atoms with Crippen LogP contribution in [-0.2, 0) is 23.1 Å². The van der Waals surface area contributed by atoms with Gasteiger partial charge >= 0.3 is 0 Å².